The molecule has 0 spiro atoms. The zero-order valence-corrected chi connectivity index (χ0v) is 20.0. The molecule has 0 bridgehead atoms. The van der Waals surface area contributed by atoms with Crippen molar-refractivity contribution in [3.8, 4) is 0 Å². The van der Waals surface area contributed by atoms with Crippen LogP contribution in [0.2, 0.25) is 0 Å². The highest BCUT2D eigenvalue weighted by atomic mass is 32.2. The molecule has 5 nitrogen and oxygen atoms in total. The molecule has 3 aliphatic rings. The van der Waals surface area contributed by atoms with Crippen molar-refractivity contribution in [1.29, 1.82) is 0 Å². The van der Waals surface area contributed by atoms with Crippen molar-refractivity contribution in [3.63, 3.8) is 0 Å². The number of likely N-dealkylation sites (N-methyl/N-ethyl adjacent to an activating group) is 1. The Hall–Kier alpha value is -0.880. The summed E-state index contributed by atoms with van der Waals surface area (Å²) < 4.78 is 27.4. The number of rotatable bonds is 4. The Morgan fingerprint density at radius 3 is 2.11 bits per heavy atom. The van der Waals surface area contributed by atoms with Gasteiger partial charge in [0.1, 0.15) is 5.84 Å². The van der Waals surface area contributed by atoms with Crippen molar-refractivity contribution < 1.29 is 8.42 Å². The Kier molecular flexibility index (Phi) is 5.32. The summed E-state index contributed by atoms with van der Waals surface area (Å²) in [4.78, 5) is 7.64. The molecule has 1 aliphatic carbocycles. The van der Waals surface area contributed by atoms with Crippen LogP contribution in [0.1, 0.15) is 74.7 Å². The molecule has 1 saturated carbocycles. The van der Waals surface area contributed by atoms with Gasteiger partial charge in [0.25, 0.3) is 0 Å². The van der Waals surface area contributed by atoms with E-state index in [1.165, 1.54) is 11.3 Å². The van der Waals surface area contributed by atoms with Gasteiger partial charge in [-0.25, -0.2) is 8.42 Å². The van der Waals surface area contributed by atoms with Gasteiger partial charge in [-0.05, 0) is 29.7 Å². The summed E-state index contributed by atoms with van der Waals surface area (Å²) in [7, 11) is -1.40. The van der Waals surface area contributed by atoms with Gasteiger partial charge in [0.2, 0.25) is 10.0 Å². The quantitative estimate of drug-likeness (QED) is 0.697. The first kappa shape index (κ1) is 21.8. The van der Waals surface area contributed by atoms with Crippen LogP contribution in [0.15, 0.2) is 16.3 Å². The standard InChI is InChI=1S/C22H39N3O2S/c1-14(2)18-17-12-15(24(9)28(26,27)16-10-11-16)13-25(17)20(22(6,7)8)23-19(18)21(3,4)5/h14-16,19H,10-13H2,1-9H3. The molecule has 2 aliphatic heterocycles. The second-order valence-electron chi connectivity index (χ2n) is 11.3. The first-order valence-electron chi connectivity index (χ1n) is 10.7. The third-order valence-electron chi connectivity index (χ3n) is 6.26. The predicted octanol–water partition coefficient (Wildman–Crippen LogP) is 4.27. The number of aliphatic imine (C=N–C) groups is 1. The van der Waals surface area contributed by atoms with E-state index >= 15 is 0 Å². The zero-order chi connectivity index (χ0) is 21.2. The summed E-state index contributed by atoms with van der Waals surface area (Å²) in [5.41, 5.74) is 2.65. The minimum atomic E-state index is -3.18. The fraction of sp³-hybridized carbons (Fsp3) is 0.864. The Balaban J connectivity index is 2.06. The first-order valence-corrected chi connectivity index (χ1v) is 12.2. The lowest BCUT2D eigenvalue weighted by molar-refractivity contribution is 0.309. The van der Waals surface area contributed by atoms with Gasteiger partial charge in [0.05, 0.1) is 11.3 Å². The van der Waals surface area contributed by atoms with E-state index in [9.17, 15) is 8.42 Å². The molecule has 3 rings (SSSR count). The van der Waals surface area contributed by atoms with Crippen molar-refractivity contribution in [2.24, 2.45) is 21.7 Å². The maximum absolute atomic E-state index is 12.9. The van der Waals surface area contributed by atoms with Crippen LogP contribution in [-0.4, -0.2) is 54.4 Å². The highest BCUT2D eigenvalue weighted by molar-refractivity contribution is 7.90. The first-order chi connectivity index (χ1) is 12.7. The Labute approximate surface area is 172 Å². The van der Waals surface area contributed by atoms with E-state index in [-0.39, 0.29) is 28.2 Å². The third kappa shape index (κ3) is 3.79. The Morgan fingerprint density at radius 1 is 1.11 bits per heavy atom. The normalized spacial score (nSPS) is 27.0. The summed E-state index contributed by atoms with van der Waals surface area (Å²) in [6.07, 6.45) is 2.41. The summed E-state index contributed by atoms with van der Waals surface area (Å²) in [6, 6.07) is 0.123. The van der Waals surface area contributed by atoms with Gasteiger partial charge in [-0.2, -0.15) is 4.31 Å². The number of hydrogen-bond donors (Lipinski definition) is 0. The van der Waals surface area contributed by atoms with Crippen molar-refractivity contribution >= 4 is 15.9 Å². The smallest absolute Gasteiger partial charge is 0.217 e. The van der Waals surface area contributed by atoms with E-state index < -0.39 is 10.0 Å². The fourth-order valence-electron chi connectivity index (χ4n) is 4.59. The molecule has 1 saturated heterocycles. The van der Waals surface area contributed by atoms with Crippen LogP contribution >= 0.6 is 0 Å². The van der Waals surface area contributed by atoms with E-state index in [0.717, 1.165) is 25.1 Å². The van der Waals surface area contributed by atoms with Gasteiger partial charge in [-0.15, -0.1) is 0 Å². The van der Waals surface area contributed by atoms with Gasteiger partial charge >= 0.3 is 0 Å². The largest absolute Gasteiger partial charge is 0.332 e. The second kappa shape index (κ2) is 6.83. The maximum atomic E-state index is 12.9. The number of amidine groups is 1. The summed E-state index contributed by atoms with van der Waals surface area (Å²) in [6.45, 7) is 18.6. The average molecular weight is 410 g/mol. The minimum Gasteiger partial charge on any atom is -0.332 e. The minimum absolute atomic E-state index is 0.0133. The van der Waals surface area contributed by atoms with Gasteiger partial charge < -0.3 is 4.90 Å². The molecule has 6 heteroatoms. The van der Waals surface area contributed by atoms with Crippen molar-refractivity contribution in [2.75, 3.05) is 13.6 Å². The Bertz CT molecular complexity index is 793. The van der Waals surface area contributed by atoms with E-state index in [0.29, 0.717) is 12.5 Å². The lowest BCUT2D eigenvalue weighted by atomic mass is 9.76. The van der Waals surface area contributed by atoms with Gasteiger partial charge in [0, 0.05) is 37.2 Å². The molecule has 0 aromatic rings. The molecule has 0 aromatic heterocycles. The molecule has 160 valence electrons. The molecule has 2 heterocycles. The zero-order valence-electron chi connectivity index (χ0n) is 19.2. The number of hydrogen-bond acceptors (Lipinski definition) is 4. The van der Waals surface area contributed by atoms with Crippen LogP contribution in [0, 0.1) is 16.7 Å². The fourth-order valence-corrected chi connectivity index (χ4v) is 6.35. The lowest BCUT2D eigenvalue weighted by Crippen LogP contribution is -2.47. The van der Waals surface area contributed by atoms with Crippen LogP contribution in [0.3, 0.4) is 0 Å². The molecule has 0 radical (unpaired) electrons. The van der Waals surface area contributed by atoms with Gasteiger partial charge in [-0.1, -0.05) is 55.4 Å². The van der Waals surface area contributed by atoms with Gasteiger partial charge in [-0.3, -0.25) is 4.99 Å². The SMILES string of the molecule is CC(C)C1=C2CC(N(C)S(=O)(=O)C3CC3)CN2C(C(C)(C)C)=NC1C(C)(C)C. The molecule has 2 unspecified atom stereocenters. The molecular formula is C22H39N3O2S. The van der Waals surface area contributed by atoms with Crippen molar-refractivity contribution in [2.45, 2.75) is 92.0 Å². The molecule has 2 atom stereocenters. The van der Waals surface area contributed by atoms with Crippen LogP contribution < -0.4 is 0 Å². The summed E-state index contributed by atoms with van der Waals surface area (Å²) >= 11 is 0. The van der Waals surface area contributed by atoms with Crippen molar-refractivity contribution in [1.82, 2.24) is 9.21 Å². The van der Waals surface area contributed by atoms with E-state index in [2.05, 4.69) is 60.3 Å². The topological polar surface area (TPSA) is 53.0 Å². The molecule has 0 amide bonds. The van der Waals surface area contributed by atoms with Gasteiger partial charge in [0.15, 0.2) is 0 Å². The highest BCUT2D eigenvalue weighted by Crippen LogP contribution is 2.45. The predicted molar refractivity (Wildman–Crippen MR) is 117 cm³/mol. The van der Waals surface area contributed by atoms with Crippen LogP contribution in [0.5, 0.6) is 0 Å². The number of nitrogens with zero attached hydrogens (tertiary/aromatic N) is 3. The van der Waals surface area contributed by atoms with Crippen molar-refractivity contribution in [3.05, 3.63) is 11.3 Å². The van der Waals surface area contributed by atoms with Crippen LogP contribution in [-0.2, 0) is 10.0 Å². The monoisotopic (exact) mass is 409 g/mol. The molecule has 2 fully saturated rings. The molecule has 0 aromatic carbocycles. The summed E-state index contributed by atoms with van der Waals surface area (Å²) in [5.74, 6) is 1.49. The number of fused-ring (bicyclic) bond motifs is 1. The molecular weight excluding hydrogens is 370 g/mol. The maximum Gasteiger partial charge on any atom is 0.217 e. The van der Waals surface area contributed by atoms with Crippen LogP contribution in [0.25, 0.3) is 0 Å². The average Bonchev–Trinajstić information content (AvgIpc) is 3.30. The molecule has 0 N–H and O–H groups in total. The second-order valence-corrected chi connectivity index (χ2v) is 13.5. The third-order valence-corrected chi connectivity index (χ3v) is 8.67. The number of sulfonamides is 1. The van der Waals surface area contributed by atoms with Crippen LogP contribution in [0.4, 0.5) is 0 Å². The van der Waals surface area contributed by atoms with E-state index in [1.807, 2.05) is 0 Å². The summed E-state index contributed by atoms with van der Waals surface area (Å²) in [5, 5.41) is -0.160. The van der Waals surface area contributed by atoms with E-state index in [4.69, 9.17) is 4.99 Å². The van der Waals surface area contributed by atoms with E-state index in [1.54, 1.807) is 11.4 Å². The Morgan fingerprint density at radius 2 is 1.68 bits per heavy atom. The molecule has 28 heavy (non-hydrogen) atoms. The highest BCUT2D eigenvalue weighted by Gasteiger charge is 2.48. The lowest BCUT2D eigenvalue weighted by Gasteiger charge is -2.43.